The number of benzene rings is 6. The lowest BCUT2D eigenvalue weighted by molar-refractivity contribution is 0.660. The minimum Gasteiger partial charge on any atom is -0.309 e. The summed E-state index contributed by atoms with van der Waals surface area (Å²) in [4.78, 5) is 0. The van der Waals surface area contributed by atoms with Gasteiger partial charge in [-0.05, 0) is 118 Å². The topological polar surface area (TPSA) is 4.93 Å². The van der Waals surface area contributed by atoms with Crippen molar-refractivity contribution in [2.45, 2.75) is 46.0 Å². The standard InChI is InChI=1S/C43H35N/c1-26-11-5-6-12-31(26)41-27(2)17-18-28-24-35-29(23-34(28)41)19-22-40-42(35)33-14-8-10-16-39(33)44(40)30-20-21-38-36(25-30)32-13-7-9-15-37(32)43(38,3)4/h5-22,25H,23-24H2,1-4H3. The van der Waals surface area contributed by atoms with E-state index in [0.29, 0.717) is 0 Å². The van der Waals surface area contributed by atoms with E-state index in [-0.39, 0.29) is 5.41 Å². The van der Waals surface area contributed by atoms with E-state index in [1.54, 1.807) is 0 Å². The quantitative estimate of drug-likeness (QED) is 0.196. The Morgan fingerprint density at radius 1 is 0.545 bits per heavy atom. The zero-order valence-corrected chi connectivity index (χ0v) is 25.8. The Kier molecular flexibility index (Phi) is 5.27. The van der Waals surface area contributed by atoms with Crippen molar-refractivity contribution in [1.82, 2.24) is 4.57 Å². The summed E-state index contributed by atoms with van der Waals surface area (Å²) in [6, 6.07) is 43.4. The van der Waals surface area contributed by atoms with Gasteiger partial charge in [0.15, 0.2) is 0 Å². The monoisotopic (exact) mass is 565 g/mol. The lowest BCUT2D eigenvalue weighted by Gasteiger charge is -2.25. The van der Waals surface area contributed by atoms with E-state index >= 15 is 0 Å². The Balaban J connectivity index is 1.26. The molecule has 0 saturated carbocycles. The molecule has 9 rings (SSSR count). The molecule has 2 aliphatic carbocycles. The highest BCUT2D eigenvalue weighted by molar-refractivity contribution is 6.11. The van der Waals surface area contributed by atoms with Crippen LogP contribution in [0.1, 0.15) is 58.4 Å². The average molecular weight is 566 g/mol. The molecule has 2 aliphatic rings. The lowest BCUT2D eigenvalue weighted by atomic mass is 9.79. The maximum atomic E-state index is 2.50. The molecule has 0 aliphatic heterocycles. The average Bonchev–Trinajstić information content (AvgIpc) is 3.50. The number of hydrogen-bond donors (Lipinski definition) is 0. The summed E-state index contributed by atoms with van der Waals surface area (Å²) in [7, 11) is 0. The van der Waals surface area contributed by atoms with Gasteiger partial charge in [-0.3, -0.25) is 0 Å². The number of aryl methyl sites for hydroxylation is 2. The van der Waals surface area contributed by atoms with Crippen LogP contribution in [0.4, 0.5) is 0 Å². The normalized spacial score (nSPS) is 14.4. The summed E-state index contributed by atoms with van der Waals surface area (Å²) in [6.45, 7) is 9.22. The third kappa shape index (κ3) is 3.41. The van der Waals surface area contributed by atoms with Gasteiger partial charge in [0, 0.05) is 21.9 Å². The van der Waals surface area contributed by atoms with Crippen LogP contribution >= 0.6 is 0 Å². The maximum Gasteiger partial charge on any atom is 0.0544 e. The Bertz CT molecular complexity index is 2330. The van der Waals surface area contributed by atoms with Gasteiger partial charge < -0.3 is 4.57 Å². The van der Waals surface area contributed by atoms with Crippen LogP contribution in [0.15, 0.2) is 115 Å². The van der Waals surface area contributed by atoms with Gasteiger partial charge in [-0.25, -0.2) is 0 Å². The van der Waals surface area contributed by atoms with Crippen LogP contribution in [-0.4, -0.2) is 4.57 Å². The van der Waals surface area contributed by atoms with E-state index in [0.717, 1.165) is 12.8 Å². The van der Waals surface area contributed by atoms with E-state index in [4.69, 9.17) is 0 Å². The van der Waals surface area contributed by atoms with Crippen LogP contribution < -0.4 is 0 Å². The van der Waals surface area contributed by atoms with Crippen LogP contribution in [-0.2, 0) is 18.3 Å². The van der Waals surface area contributed by atoms with Crippen molar-refractivity contribution in [3.63, 3.8) is 0 Å². The van der Waals surface area contributed by atoms with Crippen molar-refractivity contribution in [2.75, 3.05) is 0 Å². The highest BCUT2D eigenvalue weighted by Gasteiger charge is 2.35. The molecular weight excluding hydrogens is 530 g/mol. The van der Waals surface area contributed by atoms with Gasteiger partial charge in [-0.1, -0.05) is 105 Å². The second-order valence-electron chi connectivity index (χ2n) is 13.4. The first kappa shape index (κ1) is 25.6. The summed E-state index contributed by atoms with van der Waals surface area (Å²) >= 11 is 0. The Labute approximate surface area is 259 Å². The first-order chi connectivity index (χ1) is 21.4. The van der Waals surface area contributed by atoms with Gasteiger partial charge in [0.1, 0.15) is 0 Å². The zero-order valence-electron chi connectivity index (χ0n) is 25.8. The molecule has 44 heavy (non-hydrogen) atoms. The fraction of sp³-hybridized carbons (Fsp3) is 0.163. The van der Waals surface area contributed by atoms with Crippen LogP contribution in [0.25, 0.3) is 49.7 Å². The van der Waals surface area contributed by atoms with E-state index in [9.17, 15) is 0 Å². The number of fused-ring (bicyclic) bond motifs is 9. The number of rotatable bonds is 2. The summed E-state index contributed by atoms with van der Waals surface area (Å²) in [6.07, 6.45) is 1.93. The van der Waals surface area contributed by atoms with Gasteiger partial charge in [0.25, 0.3) is 0 Å². The Hall–Kier alpha value is -4.88. The second kappa shape index (κ2) is 9.07. The first-order valence-electron chi connectivity index (χ1n) is 15.9. The molecule has 0 spiro atoms. The van der Waals surface area contributed by atoms with Gasteiger partial charge >= 0.3 is 0 Å². The Morgan fingerprint density at radius 3 is 2.09 bits per heavy atom. The zero-order chi connectivity index (χ0) is 29.7. The first-order valence-corrected chi connectivity index (χ1v) is 15.9. The fourth-order valence-corrected chi connectivity index (χ4v) is 8.45. The summed E-state index contributed by atoms with van der Waals surface area (Å²) in [5, 5.41) is 2.75. The molecule has 0 N–H and O–H groups in total. The molecule has 0 radical (unpaired) electrons. The fourth-order valence-electron chi connectivity index (χ4n) is 8.45. The molecule has 0 fully saturated rings. The van der Waals surface area contributed by atoms with Gasteiger partial charge in [0.2, 0.25) is 0 Å². The summed E-state index contributed by atoms with van der Waals surface area (Å²) < 4.78 is 2.50. The van der Waals surface area contributed by atoms with Crippen LogP contribution in [0.5, 0.6) is 0 Å². The molecule has 1 heterocycles. The van der Waals surface area contributed by atoms with Crippen molar-refractivity contribution in [2.24, 2.45) is 0 Å². The van der Waals surface area contributed by atoms with Crippen LogP contribution in [0, 0.1) is 13.8 Å². The number of nitrogens with zero attached hydrogens (tertiary/aromatic N) is 1. The van der Waals surface area contributed by atoms with E-state index in [1.165, 1.54) is 94.3 Å². The van der Waals surface area contributed by atoms with Crippen molar-refractivity contribution < 1.29 is 0 Å². The van der Waals surface area contributed by atoms with E-state index in [2.05, 4.69) is 148 Å². The number of aromatic nitrogens is 1. The summed E-state index contributed by atoms with van der Waals surface area (Å²) in [5.41, 5.74) is 20.8. The van der Waals surface area contributed by atoms with E-state index < -0.39 is 0 Å². The summed E-state index contributed by atoms with van der Waals surface area (Å²) in [5.74, 6) is 0. The maximum absolute atomic E-state index is 2.50. The molecular formula is C43H35N. The predicted molar refractivity (Wildman–Crippen MR) is 185 cm³/mol. The third-order valence-electron chi connectivity index (χ3n) is 10.6. The molecule has 0 amide bonds. The molecule has 212 valence electrons. The van der Waals surface area contributed by atoms with Crippen molar-refractivity contribution >= 4 is 21.8 Å². The second-order valence-corrected chi connectivity index (χ2v) is 13.4. The number of hydrogen-bond acceptors (Lipinski definition) is 0. The molecule has 0 bridgehead atoms. The molecule has 0 unspecified atom stereocenters. The molecule has 1 nitrogen and oxygen atoms in total. The molecule has 6 aromatic carbocycles. The van der Waals surface area contributed by atoms with Crippen molar-refractivity contribution in [3.05, 3.63) is 160 Å². The molecule has 1 aromatic heterocycles. The molecule has 7 aromatic rings. The van der Waals surface area contributed by atoms with Crippen molar-refractivity contribution in [1.29, 1.82) is 0 Å². The molecule has 0 saturated heterocycles. The van der Waals surface area contributed by atoms with Crippen molar-refractivity contribution in [3.8, 4) is 27.9 Å². The predicted octanol–water partition coefficient (Wildman–Crippen LogP) is 10.9. The lowest BCUT2D eigenvalue weighted by Crippen LogP contribution is -2.14. The van der Waals surface area contributed by atoms with Gasteiger partial charge in [-0.2, -0.15) is 0 Å². The minimum atomic E-state index is 0.00718. The van der Waals surface area contributed by atoms with Gasteiger partial charge in [0.05, 0.1) is 11.0 Å². The van der Waals surface area contributed by atoms with E-state index in [1.807, 2.05) is 0 Å². The third-order valence-corrected chi connectivity index (χ3v) is 10.6. The highest BCUT2D eigenvalue weighted by Crippen LogP contribution is 2.50. The largest absolute Gasteiger partial charge is 0.309 e. The molecule has 1 heteroatoms. The van der Waals surface area contributed by atoms with Crippen LogP contribution in [0.2, 0.25) is 0 Å². The SMILES string of the molecule is Cc1ccccc1-c1c(C)ccc2c1Cc1ccc3c(c1C2)c1ccccc1n3-c1ccc2c(c1)-c1ccccc1C2(C)C. The smallest absolute Gasteiger partial charge is 0.0544 e. The van der Waals surface area contributed by atoms with Gasteiger partial charge in [-0.15, -0.1) is 0 Å². The number of para-hydroxylation sites is 1. The molecule has 0 atom stereocenters. The Morgan fingerprint density at radius 2 is 1.23 bits per heavy atom. The van der Waals surface area contributed by atoms with Crippen LogP contribution in [0.3, 0.4) is 0 Å². The highest BCUT2D eigenvalue weighted by atomic mass is 15.0. The minimum absolute atomic E-state index is 0.00718.